The van der Waals surface area contributed by atoms with Gasteiger partial charge in [0, 0.05) is 12.0 Å². The third-order valence-electron chi connectivity index (χ3n) is 5.82. The molecule has 0 amide bonds. The molecule has 13 heteroatoms. The molecule has 3 heterocycles. The highest BCUT2D eigenvalue weighted by molar-refractivity contribution is 5.71. The standard InChI is InChI=1S/C20H22F3N3O7/c1-9(19(29)30)32-18-16(17(28)14(8-27)33-20(18)3-2-4-31-20)26-7-13(24-25-26)10-5-11(21)15(23)12(22)6-10/h5-7,9,14,16-18,27-28H,2-4,8H2,1H3,(H,29,30)/t9-,14-,16+,17+,18-,20+/m1/s1. The molecule has 0 saturated carbocycles. The first kappa shape index (κ1) is 23.6. The van der Waals surface area contributed by atoms with Crippen LogP contribution in [0.5, 0.6) is 0 Å². The van der Waals surface area contributed by atoms with Gasteiger partial charge in [-0.15, -0.1) is 5.10 Å². The van der Waals surface area contributed by atoms with E-state index >= 15 is 0 Å². The third kappa shape index (κ3) is 4.22. The zero-order valence-electron chi connectivity index (χ0n) is 17.4. The van der Waals surface area contributed by atoms with E-state index < -0.39 is 66.3 Å². The molecule has 2 aliphatic rings. The first-order valence-electron chi connectivity index (χ1n) is 10.2. The van der Waals surface area contributed by atoms with Crippen molar-refractivity contribution in [3.8, 4) is 11.3 Å². The minimum Gasteiger partial charge on any atom is -0.479 e. The molecule has 4 rings (SSSR count). The van der Waals surface area contributed by atoms with Gasteiger partial charge in [-0.3, -0.25) is 0 Å². The van der Waals surface area contributed by atoms with Crippen LogP contribution in [-0.4, -0.2) is 79.7 Å². The number of hydrogen-bond acceptors (Lipinski definition) is 8. The lowest BCUT2D eigenvalue weighted by Gasteiger charge is -2.49. The molecule has 1 aromatic carbocycles. The molecule has 0 radical (unpaired) electrons. The summed E-state index contributed by atoms with van der Waals surface area (Å²) in [6, 6.07) is 0.338. The Morgan fingerprint density at radius 3 is 2.64 bits per heavy atom. The van der Waals surface area contributed by atoms with Crippen LogP contribution in [-0.2, 0) is 19.0 Å². The molecular formula is C20H22F3N3O7. The highest BCUT2D eigenvalue weighted by Gasteiger charge is 2.59. The van der Waals surface area contributed by atoms with Crippen LogP contribution in [0.25, 0.3) is 11.3 Å². The first-order chi connectivity index (χ1) is 15.7. The van der Waals surface area contributed by atoms with Crippen LogP contribution in [0.3, 0.4) is 0 Å². The smallest absolute Gasteiger partial charge is 0.332 e. The predicted octanol–water partition coefficient (Wildman–Crippen LogP) is 1.02. The van der Waals surface area contributed by atoms with Gasteiger partial charge in [0.25, 0.3) is 0 Å². The Morgan fingerprint density at radius 2 is 2.06 bits per heavy atom. The number of hydrogen-bond donors (Lipinski definition) is 3. The number of benzene rings is 1. The Labute approximate surface area is 185 Å². The van der Waals surface area contributed by atoms with Crippen LogP contribution in [0.1, 0.15) is 25.8 Å². The highest BCUT2D eigenvalue weighted by Crippen LogP contribution is 2.45. The quantitative estimate of drug-likeness (QED) is 0.526. The van der Waals surface area contributed by atoms with E-state index in [0.717, 1.165) is 16.8 Å². The molecule has 2 fully saturated rings. The van der Waals surface area contributed by atoms with Gasteiger partial charge in [-0.2, -0.15) is 0 Å². The van der Waals surface area contributed by atoms with Crippen LogP contribution < -0.4 is 0 Å². The lowest BCUT2D eigenvalue weighted by molar-refractivity contribution is -0.350. The van der Waals surface area contributed by atoms with Gasteiger partial charge in [-0.1, -0.05) is 5.21 Å². The number of aromatic nitrogens is 3. The van der Waals surface area contributed by atoms with E-state index in [9.17, 15) is 33.3 Å². The zero-order chi connectivity index (χ0) is 23.9. The summed E-state index contributed by atoms with van der Waals surface area (Å²) in [4.78, 5) is 11.5. The number of nitrogens with zero attached hydrogens (tertiary/aromatic N) is 3. The number of carboxylic acids is 1. The fourth-order valence-corrected chi connectivity index (χ4v) is 4.17. The lowest BCUT2D eigenvalue weighted by atomic mass is 9.88. The molecule has 0 bridgehead atoms. The number of ether oxygens (including phenoxy) is 3. The third-order valence-corrected chi connectivity index (χ3v) is 5.82. The number of carbonyl (C=O) groups is 1. The minimum absolute atomic E-state index is 0.0431. The summed E-state index contributed by atoms with van der Waals surface area (Å²) in [6.45, 7) is 0.988. The molecule has 2 aliphatic heterocycles. The van der Waals surface area contributed by atoms with Crippen LogP contribution in [0.15, 0.2) is 18.3 Å². The van der Waals surface area contributed by atoms with Gasteiger partial charge in [0.1, 0.15) is 30.0 Å². The van der Waals surface area contributed by atoms with Crippen molar-refractivity contribution in [1.29, 1.82) is 0 Å². The summed E-state index contributed by atoms with van der Waals surface area (Å²) < 4.78 is 59.2. The van der Waals surface area contributed by atoms with Crippen molar-refractivity contribution in [2.75, 3.05) is 13.2 Å². The second-order valence-corrected chi connectivity index (χ2v) is 7.96. The van der Waals surface area contributed by atoms with E-state index in [2.05, 4.69) is 10.3 Å². The maximum absolute atomic E-state index is 13.7. The number of halogens is 3. The monoisotopic (exact) mass is 473 g/mol. The second kappa shape index (κ2) is 8.99. The molecule has 2 saturated heterocycles. The van der Waals surface area contributed by atoms with Crippen molar-refractivity contribution in [2.24, 2.45) is 0 Å². The fraction of sp³-hybridized carbons (Fsp3) is 0.550. The average molecular weight is 473 g/mol. The molecule has 3 N–H and O–H groups in total. The zero-order valence-corrected chi connectivity index (χ0v) is 17.4. The van der Waals surface area contributed by atoms with E-state index in [1.54, 1.807) is 0 Å². The predicted molar refractivity (Wildman–Crippen MR) is 102 cm³/mol. The van der Waals surface area contributed by atoms with Crippen LogP contribution in [0.4, 0.5) is 13.2 Å². The van der Waals surface area contributed by atoms with Gasteiger partial charge in [0.05, 0.1) is 19.4 Å². The molecule has 2 aromatic rings. The Kier molecular flexibility index (Phi) is 6.42. The van der Waals surface area contributed by atoms with E-state index in [1.165, 1.54) is 13.1 Å². The number of aliphatic hydroxyl groups excluding tert-OH is 2. The van der Waals surface area contributed by atoms with Gasteiger partial charge in [0.2, 0.25) is 0 Å². The Morgan fingerprint density at radius 1 is 1.36 bits per heavy atom. The van der Waals surface area contributed by atoms with Gasteiger partial charge >= 0.3 is 5.97 Å². The van der Waals surface area contributed by atoms with E-state index in [4.69, 9.17) is 14.2 Å². The first-order valence-corrected chi connectivity index (χ1v) is 10.2. The number of aliphatic hydroxyl groups is 2. The fourth-order valence-electron chi connectivity index (χ4n) is 4.17. The molecule has 180 valence electrons. The highest BCUT2D eigenvalue weighted by atomic mass is 19.2. The Balaban J connectivity index is 1.76. The molecule has 10 nitrogen and oxygen atoms in total. The van der Waals surface area contributed by atoms with Crippen molar-refractivity contribution in [3.05, 3.63) is 35.8 Å². The second-order valence-electron chi connectivity index (χ2n) is 7.96. The van der Waals surface area contributed by atoms with Crippen LogP contribution in [0, 0.1) is 17.5 Å². The summed E-state index contributed by atoms with van der Waals surface area (Å²) in [5.74, 6) is -7.20. The number of carboxylic acid groups (broad SMARTS) is 1. The summed E-state index contributed by atoms with van der Waals surface area (Å²) in [5, 5.41) is 37.8. The van der Waals surface area contributed by atoms with E-state index in [-0.39, 0.29) is 17.9 Å². The van der Waals surface area contributed by atoms with Gasteiger partial charge in [-0.05, 0) is 25.5 Å². The normalized spacial score (nSPS) is 30.6. The van der Waals surface area contributed by atoms with Crippen molar-refractivity contribution in [2.45, 2.75) is 56.0 Å². The van der Waals surface area contributed by atoms with E-state index in [0.29, 0.717) is 12.8 Å². The largest absolute Gasteiger partial charge is 0.479 e. The SMILES string of the molecule is C[C@@H](O[C@@H]1[C@@H](n2cc(-c3cc(F)c(F)c(F)c3)nn2)[C@@H](O)[C@@H](CO)O[C@@]12CCCO2)C(=O)O. The molecule has 1 aromatic heterocycles. The summed E-state index contributed by atoms with van der Waals surface area (Å²) in [7, 11) is 0. The summed E-state index contributed by atoms with van der Waals surface area (Å²) in [5.41, 5.74) is -0.153. The molecule has 0 aliphatic carbocycles. The number of aliphatic carboxylic acids is 1. The van der Waals surface area contributed by atoms with Crippen molar-refractivity contribution in [1.82, 2.24) is 15.0 Å². The summed E-state index contributed by atoms with van der Waals surface area (Å²) in [6.07, 6.45) is -2.99. The van der Waals surface area contributed by atoms with Crippen molar-refractivity contribution >= 4 is 5.97 Å². The van der Waals surface area contributed by atoms with Gasteiger partial charge in [-0.25, -0.2) is 22.6 Å². The topological polar surface area (TPSA) is 136 Å². The molecule has 6 atom stereocenters. The average Bonchev–Trinajstić information content (AvgIpc) is 3.44. The maximum Gasteiger partial charge on any atom is 0.332 e. The van der Waals surface area contributed by atoms with Crippen LogP contribution >= 0.6 is 0 Å². The van der Waals surface area contributed by atoms with Crippen LogP contribution in [0.2, 0.25) is 0 Å². The Hall–Kier alpha value is -2.58. The van der Waals surface area contributed by atoms with Gasteiger partial charge in [0.15, 0.2) is 29.3 Å². The maximum atomic E-state index is 13.7. The number of rotatable bonds is 6. The molecule has 33 heavy (non-hydrogen) atoms. The molecular weight excluding hydrogens is 451 g/mol. The molecule has 0 unspecified atom stereocenters. The lowest BCUT2D eigenvalue weighted by Crippen LogP contribution is -2.64. The van der Waals surface area contributed by atoms with Gasteiger partial charge < -0.3 is 29.5 Å². The molecule has 1 spiro atoms. The Bertz CT molecular complexity index is 1010. The van der Waals surface area contributed by atoms with Crippen molar-refractivity contribution in [3.63, 3.8) is 0 Å². The van der Waals surface area contributed by atoms with Crippen molar-refractivity contribution < 1.29 is 47.5 Å². The summed E-state index contributed by atoms with van der Waals surface area (Å²) >= 11 is 0. The van der Waals surface area contributed by atoms with E-state index in [1.807, 2.05) is 0 Å². The minimum atomic E-state index is -1.63.